The first-order chi connectivity index (χ1) is 11.7. The van der Waals surface area contributed by atoms with Gasteiger partial charge in [0.1, 0.15) is 18.1 Å². The average molecular weight is 342 g/mol. The molecule has 0 amide bonds. The summed E-state index contributed by atoms with van der Waals surface area (Å²) in [6.45, 7) is 0.279. The van der Waals surface area contributed by atoms with Crippen molar-refractivity contribution < 1.29 is 19.0 Å². The van der Waals surface area contributed by atoms with E-state index in [4.69, 9.17) is 14.2 Å². The number of benzene rings is 2. The molecule has 2 aromatic carbocycles. The standard InChI is InChI=1S/C19H18O4S/c1-21-15-8-7-13(17(10-15)22-2)9-19(20)23-11-14-12-24-18-6-4-3-5-16(14)18/h3-8,10,12H,9,11H2,1-2H3. The number of esters is 1. The minimum atomic E-state index is -0.284. The van der Waals surface area contributed by atoms with Crippen molar-refractivity contribution in [2.45, 2.75) is 13.0 Å². The number of fused-ring (bicyclic) bond motifs is 1. The van der Waals surface area contributed by atoms with Crippen LogP contribution in [0.4, 0.5) is 0 Å². The van der Waals surface area contributed by atoms with E-state index < -0.39 is 0 Å². The van der Waals surface area contributed by atoms with Crippen LogP contribution in [0, 0.1) is 0 Å². The van der Waals surface area contributed by atoms with Crippen molar-refractivity contribution in [3.05, 3.63) is 59.0 Å². The van der Waals surface area contributed by atoms with Crippen LogP contribution in [-0.4, -0.2) is 20.2 Å². The Kier molecular flexibility index (Phi) is 5.01. The predicted octanol–water partition coefficient (Wildman–Crippen LogP) is 4.20. The molecule has 1 aromatic heterocycles. The Balaban J connectivity index is 1.66. The highest BCUT2D eigenvalue weighted by Crippen LogP contribution is 2.27. The summed E-state index contributed by atoms with van der Waals surface area (Å²) >= 11 is 1.65. The van der Waals surface area contributed by atoms with E-state index in [1.54, 1.807) is 37.7 Å². The third kappa shape index (κ3) is 3.51. The van der Waals surface area contributed by atoms with Gasteiger partial charge in [0.25, 0.3) is 0 Å². The van der Waals surface area contributed by atoms with E-state index in [2.05, 4.69) is 6.07 Å². The van der Waals surface area contributed by atoms with Crippen molar-refractivity contribution in [3.8, 4) is 11.5 Å². The first-order valence-corrected chi connectivity index (χ1v) is 8.41. The maximum absolute atomic E-state index is 12.2. The molecule has 4 nitrogen and oxygen atoms in total. The predicted molar refractivity (Wildman–Crippen MR) is 94.9 cm³/mol. The number of thiophene rings is 1. The topological polar surface area (TPSA) is 44.8 Å². The number of ether oxygens (including phenoxy) is 3. The summed E-state index contributed by atoms with van der Waals surface area (Å²) in [6.07, 6.45) is 0.162. The SMILES string of the molecule is COc1ccc(CC(=O)OCc2csc3ccccc23)c(OC)c1. The van der Waals surface area contributed by atoms with Gasteiger partial charge in [0.15, 0.2) is 0 Å². The molecule has 0 fully saturated rings. The Labute approximate surface area is 144 Å². The third-order valence-electron chi connectivity index (χ3n) is 3.78. The fourth-order valence-electron chi connectivity index (χ4n) is 2.51. The molecule has 0 radical (unpaired) electrons. The summed E-state index contributed by atoms with van der Waals surface area (Å²) in [4.78, 5) is 12.2. The Morgan fingerprint density at radius 3 is 2.67 bits per heavy atom. The van der Waals surface area contributed by atoms with Crippen molar-refractivity contribution in [2.75, 3.05) is 14.2 Å². The summed E-state index contributed by atoms with van der Waals surface area (Å²) in [5.74, 6) is 1.02. The van der Waals surface area contributed by atoms with E-state index in [0.717, 1.165) is 16.5 Å². The summed E-state index contributed by atoms with van der Waals surface area (Å²) < 4.78 is 17.1. The molecule has 0 unspecified atom stereocenters. The molecular formula is C19H18O4S. The van der Waals surface area contributed by atoms with Gasteiger partial charge in [-0.2, -0.15) is 0 Å². The molecule has 3 rings (SSSR count). The van der Waals surface area contributed by atoms with Crippen molar-refractivity contribution in [2.24, 2.45) is 0 Å². The molecular weight excluding hydrogens is 324 g/mol. The number of rotatable bonds is 6. The molecule has 0 saturated heterocycles. The molecule has 0 aliphatic rings. The van der Waals surface area contributed by atoms with Crippen LogP contribution < -0.4 is 9.47 Å². The lowest BCUT2D eigenvalue weighted by Gasteiger charge is -2.10. The van der Waals surface area contributed by atoms with E-state index in [1.165, 1.54) is 4.70 Å². The Bertz CT molecular complexity index is 853. The summed E-state index contributed by atoms with van der Waals surface area (Å²) in [6, 6.07) is 13.5. The molecule has 0 aliphatic carbocycles. The highest BCUT2D eigenvalue weighted by atomic mass is 32.1. The highest BCUT2D eigenvalue weighted by Gasteiger charge is 2.12. The van der Waals surface area contributed by atoms with Crippen LogP contribution in [0.5, 0.6) is 11.5 Å². The van der Waals surface area contributed by atoms with Gasteiger partial charge in [0.2, 0.25) is 0 Å². The Hall–Kier alpha value is -2.53. The zero-order chi connectivity index (χ0) is 16.9. The van der Waals surface area contributed by atoms with E-state index in [1.807, 2.05) is 29.6 Å². The summed E-state index contributed by atoms with van der Waals surface area (Å²) in [5.41, 5.74) is 1.81. The fourth-order valence-corrected chi connectivity index (χ4v) is 3.45. The molecule has 0 bridgehead atoms. The van der Waals surface area contributed by atoms with Crippen LogP contribution in [0.3, 0.4) is 0 Å². The second-order valence-corrected chi connectivity index (χ2v) is 6.18. The van der Waals surface area contributed by atoms with Crippen LogP contribution in [0.2, 0.25) is 0 Å². The van der Waals surface area contributed by atoms with E-state index in [0.29, 0.717) is 11.5 Å². The minimum Gasteiger partial charge on any atom is -0.497 e. The van der Waals surface area contributed by atoms with Crippen LogP contribution in [0.15, 0.2) is 47.8 Å². The van der Waals surface area contributed by atoms with Gasteiger partial charge in [-0.3, -0.25) is 4.79 Å². The van der Waals surface area contributed by atoms with Crippen molar-refractivity contribution in [1.82, 2.24) is 0 Å². The van der Waals surface area contributed by atoms with Crippen molar-refractivity contribution in [1.29, 1.82) is 0 Å². The molecule has 1 heterocycles. The number of methoxy groups -OCH3 is 2. The third-order valence-corrected chi connectivity index (χ3v) is 4.79. The van der Waals surface area contributed by atoms with Gasteiger partial charge in [0, 0.05) is 21.9 Å². The molecule has 5 heteroatoms. The maximum atomic E-state index is 12.2. The number of carbonyl (C=O) groups is 1. The number of hydrogen-bond acceptors (Lipinski definition) is 5. The van der Waals surface area contributed by atoms with E-state index in [-0.39, 0.29) is 19.0 Å². The van der Waals surface area contributed by atoms with E-state index >= 15 is 0 Å². The zero-order valence-electron chi connectivity index (χ0n) is 13.6. The fraction of sp³-hybridized carbons (Fsp3) is 0.211. The molecule has 0 N–H and O–H groups in total. The number of carbonyl (C=O) groups excluding carboxylic acids is 1. The van der Waals surface area contributed by atoms with Gasteiger partial charge in [-0.25, -0.2) is 0 Å². The smallest absolute Gasteiger partial charge is 0.310 e. The van der Waals surface area contributed by atoms with Crippen molar-refractivity contribution in [3.63, 3.8) is 0 Å². The Morgan fingerprint density at radius 2 is 1.88 bits per heavy atom. The first-order valence-electron chi connectivity index (χ1n) is 7.53. The average Bonchev–Trinajstić information content (AvgIpc) is 3.03. The van der Waals surface area contributed by atoms with Gasteiger partial charge in [-0.15, -0.1) is 11.3 Å². The molecule has 3 aromatic rings. The molecule has 24 heavy (non-hydrogen) atoms. The highest BCUT2D eigenvalue weighted by molar-refractivity contribution is 7.17. The van der Waals surface area contributed by atoms with Crippen LogP contribution in [-0.2, 0) is 22.6 Å². The maximum Gasteiger partial charge on any atom is 0.310 e. The number of hydrogen-bond donors (Lipinski definition) is 0. The zero-order valence-corrected chi connectivity index (χ0v) is 14.4. The quantitative estimate of drug-likeness (QED) is 0.630. The molecule has 0 saturated carbocycles. The molecule has 0 spiro atoms. The van der Waals surface area contributed by atoms with Gasteiger partial charge in [-0.1, -0.05) is 24.3 Å². The van der Waals surface area contributed by atoms with Crippen molar-refractivity contribution >= 4 is 27.4 Å². The monoisotopic (exact) mass is 342 g/mol. The second-order valence-electron chi connectivity index (χ2n) is 5.27. The second kappa shape index (κ2) is 7.36. The summed E-state index contributed by atoms with van der Waals surface area (Å²) in [7, 11) is 3.16. The Morgan fingerprint density at radius 1 is 1.04 bits per heavy atom. The lowest BCUT2D eigenvalue weighted by atomic mass is 10.1. The van der Waals surface area contributed by atoms with Gasteiger partial charge < -0.3 is 14.2 Å². The van der Waals surface area contributed by atoms with Crippen LogP contribution in [0.25, 0.3) is 10.1 Å². The minimum absolute atomic E-state index is 0.162. The van der Waals surface area contributed by atoms with Crippen LogP contribution >= 0.6 is 11.3 Å². The van der Waals surface area contributed by atoms with E-state index in [9.17, 15) is 4.79 Å². The lowest BCUT2D eigenvalue weighted by Crippen LogP contribution is -2.09. The molecule has 124 valence electrons. The molecule has 0 aliphatic heterocycles. The first kappa shape index (κ1) is 16.3. The van der Waals surface area contributed by atoms with Gasteiger partial charge in [-0.05, 0) is 22.9 Å². The summed E-state index contributed by atoms with van der Waals surface area (Å²) in [5, 5.41) is 3.17. The molecule has 0 atom stereocenters. The lowest BCUT2D eigenvalue weighted by molar-refractivity contribution is -0.144. The normalized spacial score (nSPS) is 10.6. The largest absolute Gasteiger partial charge is 0.497 e. The van der Waals surface area contributed by atoms with Gasteiger partial charge in [0.05, 0.1) is 20.6 Å². The van der Waals surface area contributed by atoms with Crippen LogP contribution in [0.1, 0.15) is 11.1 Å². The van der Waals surface area contributed by atoms with Gasteiger partial charge >= 0.3 is 5.97 Å².